The van der Waals surface area contributed by atoms with E-state index < -0.39 is 0 Å². The number of hydrogen-bond donors (Lipinski definition) is 0. The summed E-state index contributed by atoms with van der Waals surface area (Å²) in [6, 6.07) is 3.81. The third-order valence-corrected chi connectivity index (χ3v) is 2.90. The van der Waals surface area contributed by atoms with Crippen LogP contribution in [0.25, 0.3) is 0 Å². The van der Waals surface area contributed by atoms with Gasteiger partial charge in [0.05, 0.1) is 10.7 Å². The maximum atomic E-state index is 11.2. The molecule has 0 amide bonds. The van der Waals surface area contributed by atoms with Crippen molar-refractivity contribution in [3.63, 3.8) is 0 Å². The van der Waals surface area contributed by atoms with Gasteiger partial charge in [-0.2, -0.15) is 0 Å². The van der Waals surface area contributed by atoms with Crippen molar-refractivity contribution in [3.05, 3.63) is 26.8 Å². The molecule has 0 heterocycles. The van der Waals surface area contributed by atoms with Gasteiger partial charge >= 0.3 is 0 Å². The average Bonchev–Trinajstić information content (AvgIpc) is 2.08. The highest BCUT2D eigenvalue weighted by Crippen LogP contribution is 2.26. The smallest absolute Gasteiger partial charge is 0.161 e. The standard InChI is InChI=1S/C10H11IO2/c1-6-4-8(7(2)12)10(11)9(5-6)13-3/h4-5H,1-3H3. The second-order valence-corrected chi connectivity index (χ2v) is 3.96. The van der Waals surface area contributed by atoms with Crippen molar-refractivity contribution in [1.82, 2.24) is 0 Å². The van der Waals surface area contributed by atoms with Gasteiger partial charge < -0.3 is 4.74 Å². The molecule has 0 atom stereocenters. The van der Waals surface area contributed by atoms with E-state index in [1.165, 1.54) is 0 Å². The van der Waals surface area contributed by atoms with Crippen LogP contribution in [0.15, 0.2) is 12.1 Å². The van der Waals surface area contributed by atoms with Gasteiger partial charge in [0.25, 0.3) is 0 Å². The first-order valence-electron chi connectivity index (χ1n) is 3.91. The van der Waals surface area contributed by atoms with Gasteiger partial charge in [-0.3, -0.25) is 4.79 Å². The number of halogens is 1. The maximum absolute atomic E-state index is 11.2. The highest BCUT2D eigenvalue weighted by molar-refractivity contribution is 14.1. The van der Waals surface area contributed by atoms with Crippen LogP contribution in [-0.4, -0.2) is 12.9 Å². The minimum atomic E-state index is 0.0754. The summed E-state index contributed by atoms with van der Waals surface area (Å²) in [6.45, 7) is 3.52. The van der Waals surface area contributed by atoms with E-state index in [0.29, 0.717) is 0 Å². The zero-order chi connectivity index (χ0) is 10.0. The number of aryl methyl sites for hydroxylation is 1. The number of methoxy groups -OCH3 is 1. The molecule has 0 aliphatic heterocycles. The molecule has 3 heteroatoms. The Kier molecular flexibility index (Phi) is 3.30. The van der Waals surface area contributed by atoms with Crippen molar-refractivity contribution in [2.24, 2.45) is 0 Å². The lowest BCUT2D eigenvalue weighted by atomic mass is 10.1. The Balaban J connectivity index is 3.35. The highest BCUT2D eigenvalue weighted by atomic mass is 127. The van der Waals surface area contributed by atoms with Crippen LogP contribution in [0.1, 0.15) is 22.8 Å². The van der Waals surface area contributed by atoms with Gasteiger partial charge in [0.2, 0.25) is 0 Å². The Morgan fingerprint density at radius 2 is 2.08 bits per heavy atom. The molecule has 0 saturated heterocycles. The molecule has 0 spiro atoms. The number of ether oxygens (including phenoxy) is 1. The van der Waals surface area contributed by atoms with Crippen LogP contribution >= 0.6 is 22.6 Å². The highest BCUT2D eigenvalue weighted by Gasteiger charge is 2.10. The molecular weight excluding hydrogens is 279 g/mol. The summed E-state index contributed by atoms with van der Waals surface area (Å²) in [5.41, 5.74) is 1.78. The lowest BCUT2D eigenvalue weighted by Gasteiger charge is -2.08. The predicted octanol–water partition coefficient (Wildman–Crippen LogP) is 2.81. The molecule has 0 radical (unpaired) electrons. The van der Waals surface area contributed by atoms with E-state index in [1.54, 1.807) is 14.0 Å². The number of benzene rings is 1. The molecule has 0 unspecified atom stereocenters. The van der Waals surface area contributed by atoms with Crippen LogP contribution < -0.4 is 4.74 Å². The van der Waals surface area contributed by atoms with Crippen molar-refractivity contribution in [2.75, 3.05) is 7.11 Å². The summed E-state index contributed by atoms with van der Waals surface area (Å²) in [4.78, 5) is 11.2. The quantitative estimate of drug-likeness (QED) is 0.618. The topological polar surface area (TPSA) is 26.3 Å². The molecule has 0 bridgehead atoms. The lowest BCUT2D eigenvalue weighted by Crippen LogP contribution is -1.99. The first-order chi connectivity index (χ1) is 6.06. The Morgan fingerprint density at radius 1 is 1.46 bits per heavy atom. The van der Waals surface area contributed by atoms with Crippen molar-refractivity contribution >= 4 is 28.4 Å². The van der Waals surface area contributed by atoms with Crippen LogP contribution in [0.2, 0.25) is 0 Å². The molecule has 1 rings (SSSR count). The third kappa shape index (κ3) is 2.21. The van der Waals surface area contributed by atoms with Crippen molar-refractivity contribution in [1.29, 1.82) is 0 Å². The average molecular weight is 290 g/mol. The van der Waals surface area contributed by atoms with Gasteiger partial charge in [0.1, 0.15) is 5.75 Å². The second kappa shape index (κ2) is 4.09. The van der Waals surface area contributed by atoms with E-state index in [9.17, 15) is 4.79 Å². The molecule has 1 aromatic carbocycles. The van der Waals surface area contributed by atoms with E-state index in [1.807, 2.05) is 19.1 Å². The summed E-state index contributed by atoms with van der Waals surface area (Å²) in [7, 11) is 1.61. The minimum Gasteiger partial charge on any atom is -0.496 e. The van der Waals surface area contributed by atoms with E-state index >= 15 is 0 Å². The molecule has 0 fully saturated rings. The molecule has 70 valence electrons. The molecular formula is C10H11IO2. The predicted molar refractivity (Wildman–Crippen MR) is 60.5 cm³/mol. The zero-order valence-corrected chi connectivity index (χ0v) is 10.0. The zero-order valence-electron chi connectivity index (χ0n) is 7.85. The fraction of sp³-hybridized carbons (Fsp3) is 0.300. The largest absolute Gasteiger partial charge is 0.496 e. The normalized spacial score (nSPS) is 9.85. The fourth-order valence-electron chi connectivity index (χ4n) is 1.14. The number of carbonyl (C=O) groups is 1. The van der Waals surface area contributed by atoms with Gasteiger partial charge in [0.15, 0.2) is 5.78 Å². The summed E-state index contributed by atoms with van der Waals surface area (Å²) in [5, 5.41) is 0. The maximum Gasteiger partial charge on any atom is 0.161 e. The van der Waals surface area contributed by atoms with Crippen LogP contribution in [-0.2, 0) is 0 Å². The molecule has 2 nitrogen and oxygen atoms in total. The SMILES string of the molecule is COc1cc(C)cc(C(C)=O)c1I. The van der Waals surface area contributed by atoms with Gasteiger partial charge in [-0.25, -0.2) is 0 Å². The molecule has 0 saturated carbocycles. The number of hydrogen-bond acceptors (Lipinski definition) is 2. The molecule has 0 aliphatic carbocycles. The number of ketones is 1. The lowest BCUT2D eigenvalue weighted by molar-refractivity contribution is 0.101. The first kappa shape index (κ1) is 10.5. The fourth-order valence-corrected chi connectivity index (χ4v) is 2.05. The van der Waals surface area contributed by atoms with Gasteiger partial charge in [-0.1, -0.05) is 0 Å². The Labute approximate surface area is 91.4 Å². The van der Waals surface area contributed by atoms with E-state index in [-0.39, 0.29) is 5.78 Å². The summed E-state index contributed by atoms with van der Waals surface area (Å²) in [5.74, 6) is 0.845. The van der Waals surface area contributed by atoms with Crippen LogP contribution in [0.5, 0.6) is 5.75 Å². The van der Waals surface area contributed by atoms with Crippen LogP contribution in [0, 0.1) is 10.5 Å². The molecule has 0 aromatic heterocycles. The van der Waals surface area contributed by atoms with Crippen molar-refractivity contribution < 1.29 is 9.53 Å². The molecule has 1 aromatic rings. The van der Waals surface area contributed by atoms with Gasteiger partial charge in [0, 0.05) is 5.56 Å². The summed E-state index contributed by atoms with van der Waals surface area (Å²) in [6.07, 6.45) is 0. The Hall–Kier alpha value is -0.580. The Bertz CT molecular complexity index is 345. The number of rotatable bonds is 2. The molecule has 0 N–H and O–H groups in total. The third-order valence-electron chi connectivity index (χ3n) is 1.78. The van der Waals surface area contributed by atoms with Gasteiger partial charge in [-0.05, 0) is 54.1 Å². The molecule has 13 heavy (non-hydrogen) atoms. The Morgan fingerprint density at radius 3 is 2.54 bits per heavy atom. The van der Waals surface area contributed by atoms with Crippen molar-refractivity contribution in [2.45, 2.75) is 13.8 Å². The van der Waals surface area contributed by atoms with E-state index in [4.69, 9.17) is 4.74 Å². The van der Waals surface area contributed by atoms with Crippen LogP contribution in [0.3, 0.4) is 0 Å². The summed E-state index contributed by atoms with van der Waals surface area (Å²) >= 11 is 2.13. The molecule has 0 aliphatic rings. The number of Topliss-reactive ketones (excluding diaryl/α,β-unsaturated/α-hetero) is 1. The second-order valence-electron chi connectivity index (χ2n) is 2.88. The minimum absolute atomic E-state index is 0.0754. The van der Waals surface area contributed by atoms with Gasteiger partial charge in [-0.15, -0.1) is 0 Å². The van der Waals surface area contributed by atoms with Crippen molar-refractivity contribution in [3.8, 4) is 5.75 Å². The first-order valence-corrected chi connectivity index (χ1v) is 4.99. The van der Waals surface area contributed by atoms with E-state index in [0.717, 1.165) is 20.4 Å². The summed E-state index contributed by atoms with van der Waals surface area (Å²) < 4.78 is 6.04. The van der Waals surface area contributed by atoms with Crippen LogP contribution in [0.4, 0.5) is 0 Å². The monoisotopic (exact) mass is 290 g/mol. The van der Waals surface area contributed by atoms with E-state index in [2.05, 4.69) is 22.6 Å². The number of carbonyl (C=O) groups excluding carboxylic acids is 1.